The molecular formula is C14H22BrNO3. The molecule has 108 valence electrons. The topological polar surface area (TPSA) is 39.7 Å². The first kappa shape index (κ1) is 16.3. The molecule has 0 amide bonds. The maximum atomic E-state index is 5.59. The van der Waals surface area contributed by atoms with Gasteiger partial charge < -0.3 is 19.5 Å². The Morgan fingerprint density at radius 2 is 2.05 bits per heavy atom. The third kappa shape index (κ3) is 5.38. The molecule has 0 fully saturated rings. The van der Waals surface area contributed by atoms with Crippen LogP contribution in [0.2, 0.25) is 0 Å². The predicted molar refractivity (Wildman–Crippen MR) is 80.1 cm³/mol. The fourth-order valence-corrected chi connectivity index (χ4v) is 2.41. The zero-order valence-electron chi connectivity index (χ0n) is 11.8. The molecule has 0 aliphatic heterocycles. The summed E-state index contributed by atoms with van der Waals surface area (Å²) in [5.41, 5.74) is 1.16. The SMILES string of the molecule is CCOc1cc(CNCCCOC)cc(Br)c1OC. The zero-order valence-corrected chi connectivity index (χ0v) is 13.4. The fraction of sp³-hybridized carbons (Fsp3) is 0.571. The van der Waals surface area contributed by atoms with E-state index in [2.05, 4.69) is 21.2 Å². The largest absolute Gasteiger partial charge is 0.492 e. The molecule has 0 atom stereocenters. The van der Waals surface area contributed by atoms with E-state index in [0.717, 1.165) is 47.7 Å². The van der Waals surface area contributed by atoms with E-state index in [1.807, 2.05) is 19.1 Å². The highest BCUT2D eigenvalue weighted by Crippen LogP contribution is 2.36. The van der Waals surface area contributed by atoms with E-state index in [1.54, 1.807) is 14.2 Å². The average Bonchev–Trinajstić information content (AvgIpc) is 2.39. The number of benzene rings is 1. The molecular weight excluding hydrogens is 310 g/mol. The van der Waals surface area contributed by atoms with Crippen molar-refractivity contribution in [1.82, 2.24) is 5.32 Å². The minimum Gasteiger partial charge on any atom is -0.492 e. The van der Waals surface area contributed by atoms with Crippen molar-refractivity contribution >= 4 is 15.9 Å². The minimum atomic E-state index is 0.619. The van der Waals surface area contributed by atoms with Gasteiger partial charge in [-0.1, -0.05) is 0 Å². The van der Waals surface area contributed by atoms with Gasteiger partial charge in [0.2, 0.25) is 0 Å². The lowest BCUT2D eigenvalue weighted by atomic mass is 10.2. The van der Waals surface area contributed by atoms with Crippen LogP contribution < -0.4 is 14.8 Å². The lowest BCUT2D eigenvalue weighted by Gasteiger charge is -2.13. The van der Waals surface area contributed by atoms with E-state index in [1.165, 1.54) is 0 Å². The molecule has 0 heterocycles. The van der Waals surface area contributed by atoms with Crippen molar-refractivity contribution in [2.45, 2.75) is 19.9 Å². The lowest BCUT2D eigenvalue weighted by molar-refractivity contribution is 0.194. The Labute approximate surface area is 123 Å². The second-order valence-corrected chi connectivity index (χ2v) is 4.92. The van der Waals surface area contributed by atoms with Gasteiger partial charge in [0.15, 0.2) is 11.5 Å². The second kappa shape index (κ2) is 9.18. The fourth-order valence-electron chi connectivity index (χ4n) is 1.76. The molecule has 0 saturated heterocycles. The summed E-state index contributed by atoms with van der Waals surface area (Å²) in [7, 11) is 3.36. The Bertz CT molecular complexity index is 385. The molecule has 0 aliphatic rings. The molecule has 1 aromatic rings. The van der Waals surface area contributed by atoms with Crippen LogP contribution in [0, 0.1) is 0 Å². The van der Waals surface area contributed by atoms with Crippen molar-refractivity contribution in [3.8, 4) is 11.5 Å². The normalized spacial score (nSPS) is 10.5. The molecule has 0 unspecified atom stereocenters. The summed E-state index contributed by atoms with van der Waals surface area (Å²) in [6, 6.07) is 4.06. The lowest BCUT2D eigenvalue weighted by Crippen LogP contribution is -2.16. The van der Waals surface area contributed by atoms with Gasteiger partial charge in [0.05, 0.1) is 18.2 Å². The van der Waals surface area contributed by atoms with Gasteiger partial charge in [0, 0.05) is 20.3 Å². The van der Waals surface area contributed by atoms with Gasteiger partial charge in [-0.2, -0.15) is 0 Å². The molecule has 0 radical (unpaired) electrons. The Balaban J connectivity index is 2.63. The van der Waals surface area contributed by atoms with Crippen molar-refractivity contribution in [3.63, 3.8) is 0 Å². The zero-order chi connectivity index (χ0) is 14.1. The van der Waals surface area contributed by atoms with Crippen LogP contribution in [0.5, 0.6) is 11.5 Å². The number of rotatable bonds is 9. The smallest absolute Gasteiger partial charge is 0.174 e. The van der Waals surface area contributed by atoms with Crippen molar-refractivity contribution in [2.24, 2.45) is 0 Å². The number of hydrogen-bond acceptors (Lipinski definition) is 4. The molecule has 0 aromatic heterocycles. The van der Waals surface area contributed by atoms with E-state index < -0.39 is 0 Å². The van der Waals surface area contributed by atoms with Gasteiger partial charge in [-0.15, -0.1) is 0 Å². The van der Waals surface area contributed by atoms with Crippen molar-refractivity contribution < 1.29 is 14.2 Å². The van der Waals surface area contributed by atoms with E-state index in [9.17, 15) is 0 Å². The molecule has 0 aliphatic carbocycles. The molecule has 0 spiro atoms. The van der Waals surface area contributed by atoms with E-state index in [0.29, 0.717) is 6.61 Å². The van der Waals surface area contributed by atoms with Crippen molar-refractivity contribution in [2.75, 3.05) is 34.0 Å². The van der Waals surface area contributed by atoms with Crippen LogP contribution >= 0.6 is 15.9 Å². The molecule has 0 saturated carbocycles. The van der Waals surface area contributed by atoms with Crippen LogP contribution in [0.4, 0.5) is 0 Å². The summed E-state index contributed by atoms with van der Waals surface area (Å²) in [4.78, 5) is 0. The molecule has 19 heavy (non-hydrogen) atoms. The van der Waals surface area contributed by atoms with E-state index >= 15 is 0 Å². The number of hydrogen-bond donors (Lipinski definition) is 1. The van der Waals surface area contributed by atoms with Gasteiger partial charge in [-0.05, 0) is 53.5 Å². The van der Waals surface area contributed by atoms with E-state index in [4.69, 9.17) is 14.2 Å². The molecule has 0 bridgehead atoms. The summed E-state index contributed by atoms with van der Waals surface area (Å²) in [5.74, 6) is 1.51. The van der Waals surface area contributed by atoms with Crippen molar-refractivity contribution in [3.05, 3.63) is 22.2 Å². The first-order valence-electron chi connectivity index (χ1n) is 6.41. The highest BCUT2D eigenvalue weighted by atomic mass is 79.9. The van der Waals surface area contributed by atoms with Gasteiger partial charge >= 0.3 is 0 Å². The summed E-state index contributed by atoms with van der Waals surface area (Å²) in [6.07, 6.45) is 1.01. The van der Waals surface area contributed by atoms with Crippen LogP contribution in [0.25, 0.3) is 0 Å². The number of ether oxygens (including phenoxy) is 3. The predicted octanol–water partition coefficient (Wildman–Crippen LogP) is 2.98. The standard InChI is InChI=1S/C14H22BrNO3/c1-4-19-13-9-11(8-12(15)14(13)18-3)10-16-6-5-7-17-2/h8-9,16H,4-7,10H2,1-3H3. The molecule has 1 aromatic carbocycles. The van der Waals surface area contributed by atoms with Crippen LogP contribution in [-0.4, -0.2) is 34.0 Å². The maximum absolute atomic E-state index is 5.59. The molecule has 4 nitrogen and oxygen atoms in total. The van der Waals surface area contributed by atoms with Crippen LogP contribution in [0.3, 0.4) is 0 Å². The highest BCUT2D eigenvalue weighted by Gasteiger charge is 2.10. The third-order valence-electron chi connectivity index (χ3n) is 2.60. The summed E-state index contributed by atoms with van der Waals surface area (Å²) >= 11 is 3.51. The number of halogens is 1. The Morgan fingerprint density at radius 1 is 1.26 bits per heavy atom. The molecule has 1 rings (SSSR count). The Morgan fingerprint density at radius 3 is 2.68 bits per heavy atom. The van der Waals surface area contributed by atoms with Gasteiger partial charge in [-0.3, -0.25) is 0 Å². The first-order valence-corrected chi connectivity index (χ1v) is 7.21. The summed E-state index contributed by atoms with van der Waals surface area (Å²) in [5, 5.41) is 3.37. The third-order valence-corrected chi connectivity index (χ3v) is 3.19. The van der Waals surface area contributed by atoms with Crippen LogP contribution in [0.1, 0.15) is 18.9 Å². The van der Waals surface area contributed by atoms with Crippen LogP contribution in [0.15, 0.2) is 16.6 Å². The van der Waals surface area contributed by atoms with Gasteiger partial charge in [0.25, 0.3) is 0 Å². The number of nitrogens with one attached hydrogen (secondary N) is 1. The minimum absolute atomic E-state index is 0.619. The highest BCUT2D eigenvalue weighted by molar-refractivity contribution is 9.10. The number of methoxy groups -OCH3 is 2. The molecule has 1 N–H and O–H groups in total. The van der Waals surface area contributed by atoms with Gasteiger partial charge in [0.1, 0.15) is 0 Å². The Hall–Kier alpha value is -0.780. The van der Waals surface area contributed by atoms with Crippen molar-refractivity contribution in [1.29, 1.82) is 0 Å². The quantitative estimate of drug-likeness (QED) is 0.706. The Kier molecular flexibility index (Phi) is 7.86. The second-order valence-electron chi connectivity index (χ2n) is 4.07. The van der Waals surface area contributed by atoms with Gasteiger partial charge in [-0.25, -0.2) is 0 Å². The van der Waals surface area contributed by atoms with Crippen LogP contribution in [-0.2, 0) is 11.3 Å². The summed E-state index contributed by atoms with van der Waals surface area (Å²) in [6.45, 7) is 5.09. The summed E-state index contributed by atoms with van der Waals surface area (Å²) < 4.78 is 16.8. The average molecular weight is 332 g/mol. The first-order chi connectivity index (χ1) is 9.22. The monoisotopic (exact) mass is 331 g/mol. The van der Waals surface area contributed by atoms with E-state index in [-0.39, 0.29) is 0 Å². The molecule has 5 heteroatoms. The maximum Gasteiger partial charge on any atom is 0.174 e.